The van der Waals surface area contributed by atoms with Gasteiger partial charge < -0.3 is 9.64 Å². The predicted molar refractivity (Wildman–Crippen MR) is 114 cm³/mol. The number of nitrogens with zero attached hydrogens (tertiary/aromatic N) is 4. The van der Waals surface area contributed by atoms with Gasteiger partial charge in [-0.05, 0) is 49.4 Å². The molecule has 1 amide bonds. The van der Waals surface area contributed by atoms with Gasteiger partial charge in [-0.3, -0.25) is 9.36 Å². The molecule has 0 saturated heterocycles. The molecule has 0 aliphatic heterocycles. The van der Waals surface area contributed by atoms with Crippen LogP contribution in [0.15, 0.2) is 58.4 Å². The Labute approximate surface area is 181 Å². The van der Waals surface area contributed by atoms with Crippen LogP contribution in [0.25, 0.3) is 5.69 Å². The summed E-state index contributed by atoms with van der Waals surface area (Å²) in [6.45, 7) is 2.57. The number of methoxy groups -OCH3 is 1. The maximum atomic E-state index is 14.0. The minimum Gasteiger partial charge on any atom is -0.497 e. The molecule has 0 atom stereocenters. The fourth-order valence-electron chi connectivity index (χ4n) is 2.71. The summed E-state index contributed by atoms with van der Waals surface area (Å²) >= 11 is 4.63. The second-order valence-electron chi connectivity index (χ2n) is 6.11. The van der Waals surface area contributed by atoms with Crippen molar-refractivity contribution in [1.29, 1.82) is 0 Å². The van der Waals surface area contributed by atoms with Crippen molar-refractivity contribution in [2.45, 2.75) is 18.6 Å². The van der Waals surface area contributed by atoms with Gasteiger partial charge in [-0.2, -0.15) is 0 Å². The van der Waals surface area contributed by atoms with Gasteiger partial charge in [0, 0.05) is 28.8 Å². The molecule has 1 aromatic heterocycles. The summed E-state index contributed by atoms with van der Waals surface area (Å²) in [6, 6.07) is 12.2. The van der Waals surface area contributed by atoms with Crippen molar-refractivity contribution in [2.75, 3.05) is 19.4 Å². The molecule has 0 spiro atoms. The van der Waals surface area contributed by atoms with E-state index in [1.807, 2.05) is 35.8 Å². The number of carbonyl (C=O) groups is 1. The average molecular weight is 479 g/mol. The summed E-state index contributed by atoms with van der Waals surface area (Å²) in [6.07, 6.45) is 1.60. The highest BCUT2D eigenvalue weighted by Crippen LogP contribution is 2.23. The lowest BCUT2D eigenvalue weighted by molar-refractivity contribution is -0.128. The van der Waals surface area contributed by atoms with Gasteiger partial charge in [0.25, 0.3) is 0 Å². The van der Waals surface area contributed by atoms with E-state index in [9.17, 15) is 9.18 Å². The Hall–Kier alpha value is -2.39. The van der Waals surface area contributed by atoms with Crippen molar-refractivity contribution in [3.63, 3.8) is 0 Å². The molecule has 3 rings (SSSR count). The molecule has 0 aliphatic rings. The molecule has 0 aliphatic carbocycles. The molecule has 0 saturated carbocycles. The fourth-order valence-corrected chi connectivity index (χ4v) is 3.95. The molecule has 29 heavy (non-hydrogen) atoms. The predicted octanol–water partition coefficient (Wildman–Crippen LogP) is 4.32. The third kappa shape index (κ3) is 5.36. The zero-order valence-corrected chi connectivity index (χ0v) is 18.4. The Kier molecular flexibility index (Phi) is 7.27. The van der Waals surface area contributed by atoms with Crippen LogP contribution in [-0.2, 0) is 11.3 Å². The molecule has 0 fully saturated rings. The van der Waals surface area contributed by atoms with E-state index in [0.717, 1.165) is 15.9 Å². The smallest absolute Gasteiger partial charge is 0.233 e. The minimum atomic E-state index is -0.327. The van der Waals surface area contributed by atoms with Gasteiger partial charge in [-0.1, -0.05) is 27.7 Å². The lowest BCUT2D eigenvalue weighted by atomic mass is 10.2. The number of ether oxygens (including phenoxy) is 1. The molecule has 0 unspecified atom stereocenters. The number of thioether (sulfide) groups is 1. The Bertz CT molecular complexity index is 981. The summed E-state index contributed by atoms with van der Waals surface area (Å²) in [5.41, 5.74) is 1.34. The lowest BCUT2D eigenvalue weighted by Gasteiger charge is -2.21. The highest BCUT2D eigenvalue weighted by atomic mass is 79.9. The SMILES string of the molecule is CCN(Cc1cc(Br)ccc1F)C(=O)CSc1nncn1-c1ccc(OC)cc1. The highest BCUT2D eigenvalue weighted by molar-refractivity contribution is 9.10. The van der Waals surface area contributed by atoms with Crippen LogP contribution >= 0.6 is 27.7 Å². The van der Waals surface area contributed by atoms with Crippen molar-refractivity contribution in [1.82, 2.24) is 19.7 Å². The van der Waals surface area contributed by atoms with Gasteiger partial charge in [0.1, 0.15) is 17.9 Å². The van der Waals surface area contributed by atoms with E-state index >= 15 is 0 Å². The summed E-state index contributed by atoms with van der Waals surface area (Å²) in [5.74, 6) is 0.510. The van der Waals surface area contributed by atoms with Crippen molar-refractivity contribution < 1.29 is 13.9 Å². The molecule has 0 radical (unpaired) electrons. The molecule has 1 heterocycles. The maximum Gasteiger partial charge on any atom is 0.233 e. The van der Waals surface area contributed by atoms with E-state index in [2.05, 4.69) is 26.1 Å². The third-order valence-electron chi connectivity index (χ3n) is 4.30. The van der Waals surface area contributed by atoms with Gasteiger partial charge in [-0.25, -0.2) is 4.39 Å². The molecule has 0 N–H and O–H groups in total. The lowest BCUT2D eigenvalue weighted by Crippen LogP contribution is -2.32. The van der Waals surface area contributed by atoms with Crippen LogP contribution in [0.2, 0.25) is 0 Å². The van der Waals surface area contributed by atoms with Crippen LogP contribution in [0.3, 0.4) is 0 Å². The van der Waals surface area contributed by atoms with E-state index in [0.29, 0.717) is 17.3 Å². The minimum absolute atomic E-state index is 0.0962. The van der Waals surface area contributed by atoms with Crippen molar-refractivity contribution >= 4 is 33.6 Å². The first-order chi connectivity index (χ1) is 14.0. The van der Waals surface area contributed by atoms with Gasteiger partial charge in [0.05, 0.1) is 12.9 Å². The summed E-state index contributed by atoms with van der Waals surface area (Å²) in [7, 11) is 1.61. The zero-order valence-electron chi connectivity index (χ0n) is 16.0. The second-order valence-corrected chi connectivity index (χ2v) is 7.97. The Balaban J connectivity index is 1.66. The molecule has 6 nitrogen and oxygen atoms in total. The maximum absolute atomic E-state index is 14.0. The number of halogens is 2. The number of hydrogen-bond donors (Lipinski definition) is 0. The third-order valence-corrected chi connectivity index (χ3v) is 5.72. The molecular formula is C20H20BrFN4O2S. The van der Waals surface area contributed by atoms with Crippen LogP contribution in [0.1, 0.15) is 12.5 Å². The van der Waals surface area contributed by atoms with Crippen molar-refractivity contribution in [3.8, 4) is 11.4 Å². The number of hydrogen-bond acceptors (Lipinski definition) is 5. The van der Waals surface area contributed by atoms with Crippen LogP contribution in [0.5, 0.6) is 5.75 Å². The van der Waals surface area contributed by atoms with E-state index in [-0.39, 0.29) is 24.0 Å². The molecular weight excluding hydrogens is 459 g/mol. The first-order valence-corrected chi connectivity index (χ1v) is 10.7. The normalized spacial score (nSPS) is 10.8. The first kappa shape index (κ1) is 21.3. The van der Waals surface area contributed by atoms with Gasteiger partial charge >= 0.3 is 0 Å². The van der Waals surface area contributed by atoms with E-state index in [1.54, 1.807) is 30.5 Å². The van der Waals surface area contributed by atoms with Gasteiger partial charge in [0.2, 0.25) is 5.91 Å². The van der Waals surface area contributed by atoms with Crippen LogP contribution in [-0.4, -0.2) is 45.0 Å². The summed E-state index contributed by atoms with van der Waals surface area (Å²) in [5, 5.41) is 8.67. The van der Waals surface area contributed by atoms with E-state index in [1.165, 1.54) is 17.8 Å². The largest absolute Gasteiger partial charge is 0.497 e. The fraction of sp³-hybridized carbons (Fsp3) is 0.250. The van der Waals surface area contributed by atoms with Crippen LogP contribution < -0.4 is 4.74 Å². The molecule has 0 bridgehead atoms. The number of amides is 1. The average Bonchev–Trinajstić information content (AvgIpc) is 3.21. The quantitative estimate of drug-likeness (QED) is 0.451. The van der Waals surface area contributed by atoms with Gasteiger partial charge in [0.15, 0.2) is 5.16 Å². The second kappa shape index (κ2) is 9.89. The molecule has 2 aromatic carbocycles. The van der Waals surface area contributed by atoms with Gasteiger partial charge in [-0.15, -0.1) is 10.2 Å². The monoisotopic (exact) mass is 478 g/mol. The standard InChI is InChI=1S/C20H20BrFN4O2S/c1-3-25(11-14-10-15(21)4-9-18(14)22)19(27)12-29-20-24-23-13-26(20)16-5-7-17(28-2)8-6-16/h4-10,13H,3,11-12H2,1-2H3. The van der Waals surface area contributed by atoms with Crippen LogP contribution in [0.4, 0.5) is 4.39 Å². The molecule has 3 aromatic rings. The highest BCUT2D eigenvalue weighted by Gasteiger charge is 2.17. The van der Waals surface area contributed by atoms with Crippen molar-refractivity contribution in [3.05, 3.63) is 64.6 Å². The van der Waals surface area contributed by atoms with Crippen molar-refractivity contribution in [2.24, 2.45) is 0 Å². The van der Waals surface area contributed by atoms with E-state index < -0.39 is 0 Å². The Morgan fingerprint density at radius 3 is 2.72 bits per heavy atom. The van der Waals surface area contributed by atoms with E-state index in [4.69, 9.17) is 4.74 Å². The Morgan fingerprint density at radius 2 is 2.03 bits per heavy atom. The zero-order chi connectivity index (χ0) is 20.8. The molecule has 9 heteroatoms. The number of rotatable bonds is 8. The van der Waals surface area contributed by atoms with Crippen LogP contribution in [0, 0.1) is 5.82 Å². The first-order valence-electron chi connectivity index (χ1n) is 8.90. The number of carbonyl (C=O) groups excluding carboxylic acids is 1. The molecule has 152 valence electrons. The topological polar surface area (TPSA) is 60.2 Å². The number of benzene rings is 2. The summed E-state index contributed by atoms with van der Waals surface area (Å²) < 4.78 is 21.8. The Morgan fingerprint density at radius 1 is 1.28 bits per heavy atom. The number of aromatic nitrogens is 3. The summed E-state index contributed by atoms with van der Waals surface area (Å²) in [4.78, 5) is 14.3.